The molecule has 3 nitrogen and oxygen atoms in total. The zero-order chi connectivity index (χ0) is 33.0. The lowest BCUT2D eigenvalue weighted by Crippen LogP contribution is -2.10. The summed E-state index contributed by atoms with van der Waals surface area (Å²) in [5, 5.41) is 7.01. The molecule has 0 saturated carbocycles. The summed E-state index contributed by atoms with van der Waals surface area (Å²) < 4.78 is 6.34. The van der Waals surface area contributed by atoms with Crippen molar-refractivity contribution in [2.45, 2.75) is 0 Å². The summed E-state index contributed by atoms with van der Waals surface area (Å²) >= 11 is 0. The van der Waals surface area contributed by atoms with Crippen LogP contribution < -0.4 is 4.90 Å². The molecule has 234 valence electrons. The van der Waals surface area contributed by atoms with Crippen molar-refractivity contribution in [2.24, 2.45) is 0 Å². The van der Waals surface area contributed by atoms with Gasteiger partial charge in [-0.2, -0.15) is 0 Å². The van der Waals surface area contributed by atoms with Gasteiger partial charge in [-0.3, -0.25) is 0 Å². The zero-order valence-electron chi connectivity index (χ0n) is 27.1. The first kappa shape index (κ1) is 28.3. The fourth-order valence-electron chi connectivity index (χ4n) is 7.33. The van der Waals surface area contributed by atoms with E-state index in [9.17, 15) is 0 Å². The lowest BCUT2D eigenvalue weighted by molar-refractivity contribution is 0.669. The third-order valence-electron chi connectivity index (χ3n) is 9.80. The Hall–Kier alpha value is -6.71. The van der Waals surface area contributed by atoms with E-state index in [0.717, 1.165) is 50.0 Å². The van der Waals surface area contributed by atoms with E-state index in [0.29, 0.717) is 0 Å². The van der Waals surface area contributed by atoms with E-state index in [2.05, 4.69) is 175 Å². The van der Waals surface area contributed by atoms with Crippen LogP contribution in [0.5, 0.6) is 0 Å². The van der Waals surface area contributed by atoms with Crippen LogP contribution in [0.25, 0.3) is 76.8 Å². The monoisotopic (exact) mass is 638 g/mol. The van der Waals surface area contributed by atoms with E-state index in [1.54, 1.807) is 0 Å². The normalized spacial score (nSPS) is 11.6. The third-order valence-corrected chi connectivity index (χ3v) is 9.80. The fourth-order valence-corrected chi connectivity index (χ4v) is 7.33. The molecule has 0 unspecified atom stereocenters. The largest absolute Gasteiger partial charge is 0.454 e. The summed E-state index contributed by atoms with van der Waals surface area (Å²) in [7, 11) is 0. The van der Waals surface area contributed by atoms with Crippen molar-refractivity contribution in [3.05, 3.63) is 182 Å². The molecular weight excluding hydrogens is 609 g/mol. The van der Waals surface area contributed by atoms with Gasteiger partial charge in [0, 0.05) is 27.8 Å². The summed E-state index contributed by atoms with van der Waals surface area (Å²) in [4.78, 5) is 7.38. The van der Waals surface area contributed by atoms with Crippen LogP contribution in [0.15, 0.2) is 186 Å². The van der Waals surface area contributed by atoms with Crippen LogP contribution >= 0.6 is 0 Å². The lowest BCUT2D eigenvalue weighted by Gasteiger charge is -2.26. The number of aromatic nitrogens is 1. The van der Waals surface area contributed by atoms with Crippen LogP contribution in [0, 0.1) is 0 Å². The van der Waals surface area contributed by atoms with Gasteiger partial charge in [-0.1, -0.05) is 121 Å². The van der Waals surface area contributed by atoms with Gasteiger partial charge in [-0.05, 0) is 104 Å². The Morgan fingerprint density at radius 1 is 0.380 bits per heavy atom. The van der Waals surface area contributed by atoms with Crippen molar-refractivity contribution in [2.75, 3.05) is 4.90 Å². The molecule has 10 rings (SSSR count). The summed E-state index contributed by atoms with van der Waals surface area (Å²) in [6, 6.07) is 64.7. The second-order valence-corrected chi connectivity index (χ2v) is 12.8. The van der Waals surface area contributed by atoms with Crippen LogP contribution in [0.3, 0.4) is 0 Å². The molecule has 10 aromatic rings. The molecule has 0 fully saturated rings. The van der Waals surface area contributed by atoms with E-state index >= 15 is 0 Å². The molecule has 2 aromatic heterocycles. The topological polar surface area (TPSA) is 29.3 Å². The van der Waals surface area contributed by atoms with E-state index in [-0.39, 0.29) is 0 Å². The van der Waals surface area contributed by atoms with Gasteiger partial charge in [0.2, 0.25) is 0 Å². The Labute approximate surface area is 289 Å². The highest BCUT2D eigenvalue weighted by atomic mass is 16.3. The van der Waals surface area contributed by atoms with Gasteiger partial charge in [0.25, 0.3) is 0 Å². The Balaban J connectivity index is 1.14. The Bertz CT molecular complexity index is 2880. The predicted molar refractivity (Wildman–Crippen MR) is 210 cm³/mol. The van der Waals surface area contributed by atoms with Crippen LogP contribution in [-0.2, 0) is 0 Å². The number of anilines is 3. The predicted octanol–water partition coefficient (Wildman–Crippen LogP) is 13.2. The average Bonchev–Trinajstić information content (AvgIpc) is 3.53. The highest BCUT2D eigenvalue weighted by molar-refractivity contribution is 6.07. The van der Waals surface area contributed by atoms with Gasteiger partial charge in [-0.15, -0.1) is 0 Å². The van der Waals surface area contributed by atoms with Crippen molar-refractivity contribution in [3.63, 3.8) is 0 Å². The van der Waals surface area contributed by atoms with E-state index in [1.165, 1.54) is 43.8 Å². The standard InChI is InChI=1S/C47H30N2O/c1-2-11-34-27-35(20-19-31(34)9-1)32-21-23-38(24-22-32)49(39-15-7-14-36(28-39)42-17-8-13-33-10-3-5-16-41(33)42)40-25-26-45-43(30-40)47-46(50-45)29-37-12-4-6-18-44(37)48-47/h1-30H. The molecule has 0 spiro atoms. The van der Waals surface area contributed by atoms with Gasteiger partial charge in [0.15, 0.2) is 5.58 Å². The van der Waals surface area contributed by atoms with Crippen molar-refractivity contribution < 1.29 is 4.42 Å². The summed E-state index contributed by atoms with van der Waals surface area (Å²) in [6.45, 7) is 0. The van der Waals surface area contributed by atoms with Crippen LogP contribution in [0.2, 0.25) is 0 Å². The van der Waals surface area contributed by atoms with Crippen molar-refractivity contribution in [3.8, 4) is 22.3 Å². The van der Waals surface area contributed by atoms with Gasteiger partial charge in [0.1, 0.15) is 11.1 Å². The molecular formula is C47H30N2O. The second kappa shape index (κ2) is 11.5. The zero-order valence-corrected chi connectivity index (χ0v) is 27.1. The number of pyridine rings is 1. The first-order chi connectivity index (χ1) is 24.7. The SMILES string of the molecule is c1cc(-c2cccc3ccccc23)cc(N(c2ccc(-c3ccc4ccccc4c3)cc2)c2ccc3oc4cc5ccccc5nc4c3c2)c1. The maximum atomic E-state index is 6.34. The molecule has 0 bridgehead atoms. The third kappa shape index (κ3) is 4.79. The van der Waals surface area contributed by atoms with Crippen LogP contribution in [0.4, 0.5) is 17.1 Å². The number of furan rings is 1. The highest BCUT2D eigenvalue weighted by Crippen LogP contribution is 2.41. The Kier molecular flexibility index (Phi) is 6.49. The van der Waals surface area contributed by atoms with Crippen molar-refractivity contribution in [1.82, 2.24) is 4.98 Å². The number of fused-ring (bicyclic) bond motifs is 6. The number of nitrogens with zero attached hydrogens (tertiary/aromatic N) is 2. The van der Waals surface area contributed by atoms with E-state index in [1.807, 2.05) is 12.1 Å². The number of rotatable bonds is 5. The molecule has 0 saturated heterocycles. The molecule has 0 N–H and O–H groups in total. The van der Waals surface area contributed by atoms with Crippen molar-refractivity contribution >= 4 is 71.6 Å². The molecule has 0 aliphatic carbocycles. The van der Waals surface area contributed by atoms with E-state index in [4.69, 9.17) is 9.40 Å². The maximum absolute atomic E-state index is 6.34. The number of benzene rings is 8. The van der Waals surface area contributed by atoms with Gasteiger partial charge < -0.3 is 9.32 Å². The fraction of sp³-hybridized carbons (Fsp3) is 0. The smallest absolute Gasteiger partial charge is 0.154 e. The van der Waals surface area contributed by atoms with Crippen LogP contribution in [0.1, 0.15) is 0 Å². The van der Waals surface area contributed by atoms with Crippen LogP contribution in [-0.4, -0.2) is 4.98 Å². The van der Waals surface area contributed by atoms with Gasteiger partial charge in [0.05, 0.1) is 5.52 Å². The Morgan fingerprint density at radius 2 is 1.08 bits per heavy atom. The molecule has 0 aliphatic heterocycles. The van der Waals surface area contributed by atoms with Crippen molar-refractivity contribution in [1.29, 1.82) is 0 Å². The first-order valence-corrected chi connectivity index (χ1v) is 16.9. The number of hydrogen-bond acceptors (Lipinski definition) is 3. The molecule has 8 aromatic carbocycles. The second-order valence-electron chi connectivity index (χ2n) is 12.8. The minimum atomic E-state index is 0.792. The molecule has 0 aliphatic rings. The molecule has 0 atom stereocenters. The van der Waals surface area contributed by atoms with Gasteiger partial charge in [-0.25, -0.2) is 4.98 Å². The molecule has 0 radical (unpaired) electrons. The van der Waals surface area contributed by atoms with Gasteiger partial charge >= 0.3 is 0 Å². The molecule has 0 amide bonds. The summed E-state index contributed by atoms with van der Waals surface area (Å²) in [5.41, 5.74) is 11.4. The van der Waals surface area contributed by atoms with E-state index < -0.39 is 0 Å². The summed E-state index contributed by atoms with van der Waals surface area (Å²) in [6.07, 6.45) is 0. The number of para-hydroxylation sites is 1. The quantitative estimate of drug-likeness (QED) is 0.188. The minimum Gasteiger partial charge on any atom is -0.454 e. The highest BCUT2D eigenvalue weighted by Gasteiger charge is 2.18. The first-order valence-electron chi connectivity index (χ1n) is 16.9. The lowest BCUT2D eigenvalue weighted by atomic mass is 9.97. The minimum absolute atomic E-state index is 0.792. The molecule has 3 heteroatoms. The Morgan fingerprint density at radius 3 is 1.98 bits per heavy atom. The number of hydrogen-bond donors (Lipinski definition) is 0. The average molecular weight is 639 g/mol. The summed E-state index contributed by atoms with van der Waals surface area (Å²) in [5.74, 6) is 0. The molecule has 50 heavy (non-hydrogen) atoms. The maximum Gasteiger partial charge on any atom is 0.154 e. The molecule has 2 heterocycles.